The first kappa shape index (κ1) is 13.2. The van der Waals surface area contributed by atoms with Gasteiger partial charge in [-0.25, -0.2) is 8.42 Å². The third kappa shape index (κ3) is 2.18. The fourth-order valence-corrected chi connectivity index (χ4v) is 3.95. The SMILES string of the molecule is CCOc1ccccc1N1CC[C@@H](CN)S1(=O)=O. The Hall–Kier alpha value is -1.27. The second-order valence-corrected chi connectivity index (χ2v) is 6.30. The molecular formula is C12H18N2O3S. The Balaban J connectivity index is 2.38. The molecule has 1 heterocycles. The first-order valence-corrected chi connectivity index (χ1v) is 7.55. The summed E-state index contributed by atoms with van der Waals surface area (Å²) in [5.41, 5.74) is 6.12. The smallest absolute Gasteiger partial charge is 0.239 e. The Morgan fingerprint density at radius 1 is 1.44 bits per heavy atom. The number of benzene rings is 1. The van der Waals surface area contributed by atoms with Crippen LogP contribution in [0.15, 0.2) is 24.3 Å². The quantitative estimate of drug-likeness (QED) is 0.884. The molecule has 1 saturated heterocycles. The van der Waals surface area contributed by atoms with Crippen LogP contribution in [0.3, 0.4) is 0 Å². The van der Waals surface area contributed by atoms with Crippen molar-refractivity contribution < 1.29 is 13.2 Å². The largest absolute Gasteiger partial charge is 0.492 e. The standard InChI is InChI=1S/C12H18N2O3S/c1-2-17-12-6-4-3-5-11(12)14-8-7-10(9-13)18(14,15)16/h3-6,10H,2,7-9,13H2,1H3/t10-/m0/s1. The zero-order chi connectivity index (χ0) is 13.2. The van der Waals surface area contributed by atoms with Gasteiger partial charge in [-0.05, 0) is 25.5 Å². The number of rotatable bonds is 4. The van der Waals surface area contributed by atoms with Crippen LogP contribution < -0.4 is 14.8 Å². The van der Waals surface area contributed by atoms with Gasteiger partial charge in [-0.15, -0.1) is 0 Å². The molecular weight excluding hydrogens is 252 g/mol. The first-order valence-electron chi connectivity index (χ1n) is 6.04. The zero-order valence-electron chi connectivity index (χ0n) is 10.4. The van der Waals surface area contributed by atoms with Crippen LogP contribution in [-0.2, 0) is 10.0 Å². The second-order valence-electron chi connectivity index (χ2n) is 4.16. The van der Waals surface area contributed by atoms with Crippen LogP contribution >= 0.6 is 0 Å². The van der Waals surface area contributed by atoms with E-state index in [1.165, 1.54) is 4.31 Å². The molecule has 5 nitrogen and oxygen atoms in total. The average molecular weight is 270 g/mol. The molecule has 0 bridgehead atoms. The van der Waals surface area contributed by atoms with Crippen LogP contribution in [0.25, 0.3) is 0 Å². The molecule has 100 valence electrons. The van der Waals surface area contributed by atoms with E-state index >= 15 is 0 Å². The van der Waals surface area contributed by atoms with Crippen molar-refractivity contribution in [3.63, 3.8) is 0 Å². The highest BCUT2D eigenvalue weighted by Gasteiger charge is 2.38. The van der Waals surface area contributed by atoms with Crippen molar-refractivity contribution in [2.24, 2.45) is 5.73 Å². The van der Waals surface area contributed by atoms with Crippen LogP contribution in [0, 0.1) is 0 Å². The topological polar surface area (TPSA) is 72.6 Å². The van der Waals surface area contributed by atoms with Crippen molar-refractivity contribution in [3.8, 4) is 5.75 Å². The summed E-state index contributed by atoms with van der Waals surface area (Å²) in [4.78, 5) is 0. The molecule has 1 fully saturated rings. The van der Waals surface area contributed by atoms with E-state index in [0.29, 0.717) is 31.0 Å². The third-order valence-corrected chi connectivity index (χ3v) is 5.34. The van der Waals surface area contributed by atoms with Gasteiger partial charge in [0.05, 0.1) is 17.5 Å². The highest BCUT2D eigenvalue weighted by atomic mass is 32.2. The summed E-state index contributed by atoms with van der Waals surface area (Å²) in [6, 6.07) is 7.19. The van der Waals surface area contributed by atoms with Gasteiger partial charge in [-0.2, -0.15) is 0 Å². The van der Waals surface area contributed by atoms with Crippen molar-refractivity contribution in [3.05, 3.63) is 24.3 Å². The summed E-state index contributed by atoms with van der Waals surface area (Å²) in [6.45, 7) is 3.01. The summed E-state index contributed by atoms with van der Waals surface area (Å²) in [5, 5.41) is -0.479. The Morgan fingerprint density at radius 2 is 2.17 bits per heavy atom. The van der Waals surface area contributed by atoms with E-state index in [2.05, 4.69) is 0 Å². The number of anilines is 1. The van der Waals surface area contributed by atoms with Crippen molar-refractivity contribution in [1.82, 2.24) is 0 Å². The van der Waals surface area contributed by atoms with Gasteiger partial charge in [-0.1, -0.05) is 12.1 Å². The molecule has 0 saturated carbocycles. The fourth-order valence-electron chi connectivity index (χ4n) is 2.16. The number of hydrogen-bond acceptors (Lipinski definition) is 4. The molecule has 0 unspecified atom stereocenters. The van der Waals surface area contributed by atoms with E-state index in [1.54, 1.807) is 12.1 Å². The molecule has 0 amide bonds. The van der Waals surface area contributed by atoms with Gasteiger partial charge in [-0.3, -0.25) is 4.31 Å². The summed E-state index contributed by atoms with van der Waals surface area (Å²) in [5.74, 6) is 0.598. The number of ether oxygens (including phenoxy) is 1. The number of hydrogen-bond donors (Lipinski definition) is 1. The van der Waals surface area contributed by atoms with Crippen LogP contribution in [0.2, 0.25) is 0 Å². The normalized spacial score (nSPS) is 22.1. The van der Waals surface area contributed by atoms with Crippen molar-refractivity contribution in [2.75, 3.05) is 24.0 Å². The maximum Gasteiger partial charge on any atom is 0.239 e. The molecule has 1 aliphatic heterocycles. The predicted octanol–water partition coefficient (Wildman–Crippen LogP) is 0.953. The highest BCUT2D eigenvalue weighted by Crippen LogP contribution is 2.35. The summed E-state index contributed by atoms with van der Waals surface area (Å²) in [7, 11) is -3.34. The predicted molar refractivity (Wildman–Crippen MR) is 71.3 cm³/mol. The lowest BCUT2D eigenvalue weighted by molar-refractivity contribution is 0.341. The van der Waals surface area contributed by atoms with Gasteiger partial charge in [0, 0.05) is 13.1 Å². The summed E-state index contributed by atoms with van der Waals surface area (Å²) < 4.78 is 31.4. The lowest BCUT2D eigenvalue weighted by Crippen LogP contribution is -2.33. The van der Waals surface area contributed by atoms with Gasteiger partial charge in [0.2, 0.25) is 10.0 Å². The molecule has 1 aromatic carbocycles. The molecule has 6 heteroatoms. The lowest BCUT2D eigenvalue weighted by Gasteiger charge is -2.21. The van der Waals surface area contributed by atoms with Gasteiger partial charge < -0.3 is 10.5 Å². The van der Waals surface area contributed by atoms with E-state index in [4.69, 9.17) is 10.5 Å². The van der Waals surface area contributed by atoms with E-state index in [1.807, 2.05) is 19.1 Å². The molecule has 0 radical (unpaired) electrons. The molecule has 18 heavy (non-hydrogen) atoms. The van der Waals surface area contributed by atoms with E-state index in [-0.39, 0.29) is 6.54 Å². The zero-order valence-corrected chi connectivity index (χ0v) is 11.2. The second kappa shape index (κ2) is 5.16. The monoisotopic (exact) mass is 270 g/mol. The number of nitrogens with zero attached hydrogens (tertiary/aromatic N) is 1. The third-order valence-electron chi connectivity index (χ3n) is 3.08. The molecule has 1 aliphatic rings. The van der Waals surface area contributed by atoms with E-state index in [0.717, 1.165) is 0 Å². The Kier molecular flexibility index (Phi) is 3.77. The Morgan fingerprint density at radius 3 is 2.78 bits per heavy atom. The van der Waals surface area contributed by atoms with E-state index < -0.39 is 15.3 Å². The highest BCUT2D eigenvalue weighted by molar-refractivity contribution is 7.93. The molecule has 1 aromatic rings. The molecule has 2 N–H and O–H groups in total. The minimum Gasteiger partial charge on any atom is -0.492 e. The summed E-state index contributed by atoms with van der Waals surface area (Å²) in [6.07, 6.45) is 0.569. The van der Waals surface area contributed by atoms with Gasteiger partial charge in [0.1, 0.15) is 5.75 Å². The van der Waals surface area contributed by atoms with Crippen LogP contribution in [0.4, 0.5) is 5.69 Å². The fraction of sp³-hybridized carbons (Fsp3) is 0.500. The lowest BCUT2D eigenvalue weighted by atomic mass is 10.2. The molecule has 0 aromatic heterocycles. The van der Waals surface area contributed by atoms with Crippen LogP contribution in [-0.4, -0.2) is 33.4 Å². The number of para-hydroxylation sites is 2. The van der Waals surface area contributed by atoms with Crippen LogP contribution in [0.1, 0.15) is 13.3 Å². The van der Waals surface area contributed by atoms with Crippen molar-refractivity contribution in [1.29, 1.82) is 0 Å². The van der Waals surface area contributed by atoms with Gasteiger partial charge >= 0.3 is 0 Å². The molecule has 2 rings (SSSR count). The minimum atomic E-state index is -3.34. The molecule has 0 aliphatic carbocycles. The first-order chi connectivity index (χ1) is 8.61. The van der Waals surface area contributed by atoms with Gasteiger partial charge in [0.25, 0.3) is 0 Å². The maximum atomic E-state index is 12.3. The number of nitrogens with two attached hydrogens (primary N) is 1. The average Bonchev–Trinajstić information content (AvgIpc) is 2.65. The summed E-state index contributed by atoms with van der Waals surface area (Å²) >= 11 is 0. The van der Waals surface area contributed by atoms with Gasteiger partial charge in [0.15, 0.2) is 0 Å². The molecule has 0 spiro atoms. The number of sulfonamides is 1. The van der Waals surface area contributed by atoms with Crippen LogP contribution in [0.5, 0.6) is 5.75 Å². The molecule has 1 atom stereocenters. The maximum absolute atomic E-state index is 12.3. The van der Waals surface area contributed by atoms with Crippen molar-refractivity contribution in [2.45, 2.75) is 18.6 Å². The van der Waals surface area contributed by atoms with E-state index in [9.17, 15) is 8.42 Å². The minimum absolute atomic E-state index is 0.162. The Bertz CT molecular complexity index is 516. The van der Waals surface area contributed by atoms with Crippen molar-refractivity contribution >= 4 is 15.7 Å². The Labute approximate surface area is 108 Å².